The monoisotopic (exact) mass is 398 g/mol. The molecule has 0 unspecified atom stereocenters. The summed E-state index contributed by atoms with van der Waals surface area (Å²) in [6, 6.07) is 16.2. The van der Waals surface area contributed by atoms with Crippen LogP contribution in [0.4, 0.5) is 0 Å². The Morgan fingerprint density at radius 2 is 2.04 bits per heavy atom. The normalized spacial score (nSPS) is 12.2. The van der Waals surface area contributed by atoms with E-state index in [0.29, 0.717) is 24.6 Å². The van der Waals surface area contributed by atoms with Gasteiger partial charge >= 0.3 is 0 Å². The molecule has 28 heavy (non-hydrogen) atoms. The highest BCUT2D eigenvalue weighted by atomic mass is 35.5. The largest absolute Gasteiger partial charge is 0.385 e. The third-order valence-electron chi connectivity index (χ3n) is 5.02. The van der Waals surface area contributed by atoms with Gasteiger partial charge in [-0.3, -0.25) is 4.79 Å². The number of aryl methyl sites for hydroxylation is 1. The fourth-order valence-electron chi connectivity index (χ4n) is 3.65. The minimum absolute atomic E-state index is 0.0365. The van der Waals surface area contributed by atoms with E-state index in [1.165, 1.54) is 10.9 Å². The summed E-state index contributed by atoms with van der Waals surface area (Å²) in [5, 5.41) is 4.88. The zero-order valence-electron chi connectivity index (χ0n) is 16.5. The van der Waals surface area contributed by atoms with Crippen molar-refractivity contribution in [3.63, 3.8) is 0 Å². The highest BCUT2D eigenvalue weighted by Crippen LogP contribution is 2.35. The summed E-state index contributed by atoms with van der Waals surface area (Å²) in [5.74, 6) is -0.0202. The second-order valence-electron chi connectivity index (χ2n) is 6.90. The van der Waals surface area contributed by atoms with Crippen LogP contribution in [-0.2, 0) is 16.1 Å². The van der Waals surface area contributed by atoms with Crippen molar-refractivity contribution in [3.05, 3.63) is 70.9 Å². The Morgan fingerprint density at radius 1 is 1.21 bits per heavy atom. The first-order valence-electron chi connectivity index (χ1n) is 9.73. The van der Waals surface area contributed by atoms with E-state index in [0.717, 1.165) is 24.1 Å². The van der Waals surface area contributed by atoms with Crippen molar-refractivity contribution in [2.45, 2.75) is 32.2 Å². The highest BCUT2D eigenvalue weighted by molar-refractivity contribution is 6.30. The Morgan fingerprint density at radius 3 is 2.79 bits per heavy atom. The minimum atomic E-state index is -0.0566. The van der Waals surface area contributed by atoms with E-state index in [2.05, 4.69) is 41.2 Å². The highest BCUT2D eigenvalue weighted by Gasteiger charge is 2.22. The Hall–Kier alpha value is -2.30. The van der Waals surface area contributed by atoms with Gasteiger partial charge in [-0.05, 0) is 42.7 Å². The molecule has 0 radical (unpaired) electrons. The third-order valence-corrected chi connectivity index (χ3v) is 5.26. The van der Waals surface area contributed by atoms with E-state index in [1.807, 2.05) is 30.3 Å². The second-order valence-corrected chi connectivity index (χ2v) is 7.33. The maximum atomic E-state index is 12.7. The average molecular weight is 399 g/mol. The first-order chi connectivity index (χ1) is 13.6. The molecule has 0 aliphatic rings. The van der Waals surface area contributed by atoms with Crippen LogP contribution in [0.25, 0.3) is 10.9 Å². The first kappa shape index (κ1) is 20.4. The van der Waals surface area contributed by atoms with Crippen molar-refractivity contribution in [2.24, 2.45) is 0 Å². The molecule has 4 nitrogen and oxygen atoms in total. The first-order valence-corrected chi connectivity index (χ1v) is 10.1. The van der Waals surface area contributed by atoms with Gasteiger partial charge in [-0.1, -0.05) is 41.9 Å². The zero-order chi connectivity index (χ0) is 19.9. The number of ether oxygens (including phenoxy) is 1. The van der Waals surface area contributed by atoms with Gasteiger partial charge in [-0.2, -0.15) is 0 Å². The molecular weight excluding hydrogens is 372 g/mol. The van der Waals surface area contributed by atoms with Crippen LogP contribution in [0.2, 0.25) is 5.02 Å². The molecule has 0 bridgehead atoms. The summed E-state index contributed by atoms with van der Waals surface area (Å²) in [5.41, 5.74) is 3.40. The number of para-hydroxylation sites is 1. The number of amides is 1. The van der Waals surface area contributed by atoms with E-state index in [1.54, 1.807) is 7.11 Å². The van der Waals surface area contributed by atoms with Crippen LogP contribution in [0.5, 0.6) is 0 Å². The molecular formula is C23H27ClN2O2. The number of halogens is 1. The lowest BCUT2D eigenvalue weighted by atomic mass is 9.88. The van der Waals surface area contributed by atoms with Crippen LogP contribution < -0.4 is 5.32 Å². The number of carbonyl (C=O) groups excluding carboxylic acids is 1. The van der Waals surface area contributed by atoms with Crippen LogP contribution in [0.15, 0.2) is 54.7 Å². The van der Waals surface area contributed by atoms with Crippen molar-refractivity contribution in [1.29, 1.82) is 0 Å². The predicted octanol–water partition coefficient (Wildman–Crippen LogP) is 4.99. The minimum Gasteiger partial charge on any atom is -0.385 e. The van der Waals surface area contributed by atoms with E-state index < -0.39 is 0 Å². The summed E-state index contributed by atoms with van der Waals surface area (Å²) in [6.45, 7) is 4.27. The molecule has 148 valence electrons. The SMILES string of the molecule is CCn1cc([C@@H](CC(=O)NCCCOC)c2cccc(Cl)c2)c2ccccc21. The molecule has 1 N–H and O–H groups in total. The number of carbonyl (C=O) groups is 1. The lowest BCUT2D eigenvalue weighted by Gasteiger charge is -2.17. The van der Waals surface area contributed by atoms with Gasteiger partial charge in [0.05, 0.1) is 0 Å². The number of nitrogens with zero attached hydrogens (tertiary/aromatic N) is 1. The van der Waals surface area contributed by atoms with Gasteiger partial charge in [0.2, 0.25) is 5.91 Å². The summed E-state index contributed by atoms with van der Waals surface area (Å²) < 4.78 is 7.29. The molecule has 1 atom stereocenters. The molecule has 1 amide bonds. The van der Waals surface area contributed by atoms with Crippen LogP contribution in [0.3, 0.4) is 0 Å². The van der Waals surface area contributed by atoms with Crippen molar-refractivity contribution in [3.8, 4) is 0 Å². The van der Waals surface area contributed by atoms with Crippen LogP contribution in [-0.4, -0.2) is 30.7 Å². The predicted molar refractivity (Wildman–Crippen MR) is 115 cm³/mol. The number of aromatic nitrogens is 1. The maximum absolute atomic E-state index is 12.7. The Balaban J connectivity index is 1.94. The molecule has 3 aromatic rings. The van der Waals surface area contributed by atoms with E-state index in [-0.39, 0.29) is 11.8 Å². The Labute approximate surface area is 171 Å². The van der Waals surface area contributed by atoms with E-state index in [9.17, 15) is 4.79 Å². The summed E-state index contributed by atoms with van der Waals surface area (Å²) >= 11 is 6.26. The number of hydrogen-bond donors (Lipinski definition) is 1. The smallest absolute Gasteiger partial charge is 0.220 e. The second kappa shape index (κ2) is 9.76. The topological polar surface area (TPSA) is 43.3 Å². The van der Waals surface area contributed by atoms with E-state index in [4.69, 9.17) is 16.3 Å². The van der Waals surface area contributed by atoms with Gasteiger partial charge in [-0.15, -0.1) is 0 Å². The molecule has 0 spiro atoms. The van der Waals surface area contributed by atoms with Crippen molar-refractivity contribution in [1.82, 2.24) is 9.88 Å². The molecule has 1 aromatic heterocycles. The molecule has 2 aromatic carbocycles. The van der Waals surface area contributed by atoms with Crippen LogP contribution in [0, 0.1) is 0 Å². The average Bonchev–Trinajstić information content (AvgIpc) is 3.08. The zero-order valence-corrected chi connectivity index (χ0v) is 17.2. The fourth-order valence-corrected chi connectivity index (χ4v) is 3.85. The van der Waals surface area contributed by atoms with Crippen LogP contribution in [0.1, 0.15) is 36.8 Å². The summed E-state index contributed by atoms with van der Waals surface area (Å²) in [6.07, 6.45) is 3.36. The molecule has 0 saturated carbocycles. The van der Waals surface area contributed by atoms with E-state index >= 15 is 0 Å². The van der Waals surface area contributed by atoms with Crippen molar-refractivity contribution < 1.29 is 9.53 Å². The molecule has 0 saturated heterocycles. The Kier molecular flexibility index (Phi) is 7.12. The summed E-state index contributed by atoms with van der Waals surface area (Å²) in [7, 11) is 1.67. The maximum Gasteiger partial charge on any atom is 0.220 e. The van der Waals surface area contributed by atoms with Crippen molar-refractivity contribution in [2.75, 3.05) is 20.3 Å². The van der Waals surface area contributed by atoms with Crippen molar-refractivity contribution >= 4 is 28.4 Å². The lowest BCUT2D eigenvalue weighted by molar-refractivity contribution is -0.121. The lowest BCUT2D eigenvalue weighted by Crippen LogP contribution is -2.27. The van der Waals surface area contributed by atoms with Gasteiger partial charge in [0.15, 0.2) is 0 Å². The number of rotatable bonds is 9. The van der Waals surface area contributed by atoms with Gasteiger partial charge in [0, 0.05) is 61.3 Å². The number of hydrogen-bond acceptors (Lipinski definition) is 2. The van der Waals surface area contributed by atoms with Gasteiger partial charge in [0.25, 0.3) is 0 Å². The summed E-state index contributed by atoms with van der Waals surface area (Å²) in [4.78, 5) is 12.7. The van der Waals surface area contributed by atoms with Gasteiger partial charge in [0.1, 0.15) is 0 Å². The Bertz CT molecular complexity index is 935. The number of nitrogens with one attached hydrogen (secondary N) is 1. The fraction of sp³-hybridized carbons (Fsp3) is 0.348. The molecule has 0 fully saturated rings. The standard InChI is InChI=1S/C23H27ClN2O2/c1-3-26-16-21(19-10-4-5-11-22(19)26)20(17-8-6-9-18(24)14-17)15-23(27)25-12-7-13-28-2/h4-6,8-11,14,16,20H,3,7,12-13,15H2,1-2H3,(H,25,27)/t20-/m0/s1. The van der Waals surface area contributed by atoms with Gasteiger partial charge in [-0.25, -0.2) is 0 Å². The third kappa shape index (κ3) is 4.75. The van der Waals surface area contributed by atoms with Crippen LogP contribution >= 0.6 is 11.6 Å². The van der Waals surface area contributed by atoms with Gasteiger partial charge < -0.3 is 14.6 Å². The number of fused-ring (bicyclic) bond motifs is 1. The quantitative estimate of drug-likeness (QED) is 0.516. The molecule has 0 aliphatic carbocycles. The number of methoxy groups -OCH3 is 1. The molecule has 1 heterocycles. The number of benzene rings is 2. The molecule has 3 rings (SSSR count). The molecule has 0 aliphatic heterocycles. The molecule has 5 heteroatoms.